The van der Waals surface area contributed by atoms with Crippen LogP contribution in [0.5, 0.6) is 0 Å². The van der Waals surface area contributed by atoms with Gasteiger partial charge < -0.3 is 15.1 Å². The minimum absolute atomic E-state index is 0.0200. The van der Waals surface area contributed by atoms with Gasteiger partial charge in [-0.25, -0.2) is 0 Å². The Bertz CT molecular complexity index is 1070. The summed E-state index contributed by atoms with van der Waals surface area (Å²) in [5.41, 5.74) is 4.19. The van der Waals surface area contributed by atoms with Crippen LogP contribution in [0.1, 0.15) is 58.8 Å². The third-order valence-electron chi connectivity index (χ3n) is 8.87. The number of hydrogen-bond donors (Lipinski definition) is 1. The largest absolute Gasteiger partial charge is 0.348 e. The number of carbonyl (C=O) groups is 2. The average molecular weight is 503 g/mol. The Morgan fingerprint density at radius 3 is 2.24 bits per heavy atom. The topological polar surface area (TPSA) is 55.9 Å². The van der Waals surface area contributed by atoms with Gasteiger partial charge in [-0.15, -0.1) is 0 Å². The molecule has 6 heteroatoms. The molecule has 3 aliphatic rings. The number of rotatable bonds is 7. The zero-order valence-corrected chi connectivity index (χ0v) is 22.7. The van der Waals surface area contributed by atoms with E-state index in [1.807, 2.05) is 38.1 Å². The average Bonchev–Trinajstić information content (AvgIpc) is 3.46. The van der Waals surface area contributed by atoms with Gasteiger partial charge in [0, 0.05) is 38.3 Å². The van der Waals surface area contributed by atoms with E-state index in [1.54, 1.807) is 0 Å². The highest BCUT2D eigenvalue weighted by Crippen LogP contribution is 2.33. The van der Waals surface area contributed by atoms with Crippen LogP contribution in [0.25, 0.3) is 0 Å². The predicted molar refractivity (Wildman–Crippen MR) is 147 cm³/mol. The van der Waals surface area contributed by atoms with Crippen LogP contribution in [-0.2, 0) is 4.79 Å². The number of carbonyl (C=O) groups excluding carboxylic acids is 2. The first-order valence-corrected chi connectivity index (χ1v) is 14.0. The molecule has 3 heterocycles. The molecule has 4 atom stereocenters. The van der Waals surface area contributed by atoms with Gasteiger partial charge in [0.25, 0.3) is 5.91 Å². The zero-order chi connectivity index (χ0) is 25.9. The van der Waals surface area contributed by atoms with Crippen molar-refractivity contribution in [2.75, 3.05) is 46.3 Å². The summed E-state index contributed by atoms with van der Waals surface area (Å²) < 4.78 is 0. The minimum atomic E-state index is -0.0217. The number of hydrogen-bond acceptors (Lipinski definition) is 4. The SMILES string of the molecule is Cc1cccc(C)c1C(=O)N1CC2CN(CC[C@H](NC(=O)C3CCCCN3C)c3ccccc3)CC2C1. The molecule has 0 bridgehead atoms. The summed E-state index contributed by atoms with van der Waals surface area (Å²) in [6.07, 6.45) is 4.14. The van der Waals surface area contributed by atoms with E-state index in [0.29, 0.717) is 11.8 Å². The highest BCUT2D eigenvalue weighted by molar-refractivity contribution is 5.97. The van der Waals surface area contributed by atoms with Crippen molar-refractivity contribution in [3.63, 3.8) is 0 Å². The fourth-order valence-corrected chi connectivity index (χ4v) is 6.74. The summed E-state index contributed by atoms with van der Waals surface area (Å²) in [5.74, 6) is 1.42. The molecule has 6 nitrogen and oxygen atoms in total. The molecular weight excluding hydrogens is 460 g/mol. The van der Waals surface area contributed by atoms with E-state index >= 15 is 0 Å². The van der Waals surface area contributed by atoms with Gasteiger partial charge in [-0.2, -0.15) is 0 Å². The lowest BCUT2D eigenvalue weighted by Gasteiger charge is -2.33. The lowest BCUT2D eigenvalue weighted by atomic mass is 9.99. The second-order valence-corrected chi connectivity index (χ2v) is 11.5. The van der Waals surface area contributed by atoms with Crippen LogP contribution < -0.4 is 5.32 Å². The molecule has 3 aliphatic heterocycles. The van der Waals surface area contributed by atoms with E-state index in [2.05, 4.69) is 51.3 Å². The number of fused-ring (bicyclic) bond motifs is 1. The van der Waals surface area contributed by atoms with Crippen molar-refractivity contribution >= 4 is 11.8 Å². The van der Waals surface area contributed by atoms with Crippen molar-refractivity contribution < 1.29 is 9.59 Å². The van der Waals surface area contributed by atoms with Crippen LogP contribution in [0.3, 0.4) is 0 Å². The molecule has 2 aromatic rings. The molecule has 3 fully saturated rings. The van der Waals surface area contributed by atoms with Crippen molar-refractivity contribution in [3.8, 4) is 0 Å². The third kappa shape index (κ3) is 5.75. The molecule has 5 rings (SSSR count). The van der Waals surface area contributed by atoms with Crippen molar-refractivity contribution in [1.29, 1.82) is 0 Å². The van der Waals surface area contributed by atoms with Gasteiger partial charge in [0.2, 0.25) is 5.91 Å². The fourth-order valence-electron chi connectivity index (χ4n) is 6.74. The molecule has 3 saturated heterocycles. The molecule has 2 amide bonds. The number of nitrogens with one attached hydrogen (secondary N) is 1. The van der Waals surface area contributed by atoms with Crippen molar-refractivity contribution in [2.45, 2.75) is 51.6 Å². The fraction of sp³-hybridized carbons (Fsp3) is 0.548. The second-order valence-electron chi connectivity index (χ2n) is 11.5. The van der Waals surface area contributed by atoms with E-state index < -0.39 is 0 Å². The Morgan fingerprint density at radius 2 is 1.59 bits per heavy atom. The lowest BCUT2D eigenvalue weighted by molar-refractivity contribution is -0.127. The predicted octanol–water partition coefficient (Wildman–Crippen LogP) is 4.04. The number of piperidine rings is 1. The highest BCUT2D eigenvalue weighted by atomic mass is 16.2. The number of benzene rings is 2. The third-order valence-corrected chi connectivity index (χ3v) is 8.87. The van der Waals surface area contributed by atoms with Crippen molar-refractivity contribution in [2.24, 2.45) is 11.8 Å². The van der Waals surface area contributed by atoms with Crippen molar-refractivity contribution in [3.05, 3.63) is 70.8 Å². The molecule has 198 valence electrons. The molecule has 3 unspecified atom stereocenters. The number of amides is 2. The van der Waals surface area contributed by atoms with Crippen LogP contribution in [0.2, 0.25) is 0 Å². The summed E-state index contributed by atoms with van der Waals surface area (Å²) in [5, 5.41) is 3.40. The van der Waals surface area contributed by atoms with E-state index in [9.17, 15) is 9.59 Å². The maximum Gasteiger partial charge on any atom is 0.254 e. The first-order chi connectivity index (χ1) is 17.9. The van der Waals surface area contributed by atoms with Crippen LogP contribution in [0.4, 0.5) is 0 Å². The highest BCUT2D eigenvalue weighted by Gasteiger charge is 2.42. The summed E-state index contributed by atoms with van der Waals surface area (Å²) >= 11 is 0. The smallest absolute Gasteiger partial charge is 0.254 e. The van der Waals surface area contributed by atoms with Crippen LogP contribution >= 0.6 is 0 Å². The van der Waals surface area contributed by atoms with Crippen LogP contribution in [-0.4, -0.2) is 78.9 Å². The first kappa shape index (κ1) is 25.9. The number of aryl methyl sites for hydroxylation is 2. The van der Waals surface area contributed by atoms with Gasteiger partial charge in [0.05, 0.1) is 12.1 Å². The lowest BCUT2D eigenvalue weighted by Crippen LogP contribution is -2.48. The van der Waals surface area contributed by atoms with Gasteiger partial charge in [0.1, 0.15) is 0 Å². The number of likely N-dealkylation sites (tertiary alicyclic amines) is 3. The standard InChI is InChI=1S/C31H42N4O2/c1-22-10-9-11-23(2)29(22)31(37)35-20-25-18-34(19-26(25)21-35)17-15-27(24-12-5-4-6-13-24)32-30(36)28-14-7-8-16-33(28)3/h4-6,9-13,25-28H,7-8,14-21H2,1-3H3,(H,32,36)/t25?,26?,27-,28?/m0/s1. The zero-order valence-electron chi connectivity index (χ0n) is 22.7. The molecule has 1 N–H and O–H groups in total. The van der Waals surface area contributed by atoms with Gasteiger partial charge in [-0.1, -0.05) is 55.0 Å². The molecule has 0 spiro atoms. The van der Waals surface area contributed by atoms with Gasteiger partial charge in [-0.3, -0.25) is 14.5 Å². The van der Waals surface area contributed by atoms with E-state index in [4.69, 9.17) is 0 Å². The Morgan fingerprint density at radius 1 is 0.919 bits per heavy atom. The molecule has 0 saturated carbocycles. The summed E-state index contributed by atoms with van der Waals surface area (Å²) in [4.78, 5) is 33.3. The van der Waals surface area contributed by atoms with Crippen LogP contribution in [0.15, 0.2) is 48.5 Å². The summed E-state index contributed by atoms with van der Waals surface area (Å²) in [7, 11) is 2.07. The normalized spacial score (nSPS) is 25.2. The molecule has 0 aliphatic carbocycles. The molecule has 0 aromatic heterocycles. The Labute approximate surface area is 222 Å². The van der Waals surface area contributed by atoms with E-state index in [-0.39, 0.29) is 23.9 Å². The van der Waals surface area contributed by atoms with Crippen LogP contribution in [0, 0.1) is 25.7 Å². The number of nitrogens with zero attached hydrogens (tertiary/aromatic N) is 3. The Kier molecular flexibility index (Phi) is 7.96. The Balaban J connectivity index is 1.17. The van der Waals surface area contributed by atoms with Gasteiger partial charge in [0.15, 0.2) is 0 Å². The monoisotopic (exact) mass is 502 g/mol. The second kappa shape index (κ2) is 11.4. The van der Waals surface area contributed by atoms with E-state index in [0.717, 1.165) is 75.2 Å². The van der Waals surface area contributed by atoms with Gasteiger partial charge in [-0.05, 0) is 75.2 Å². The van der Waals surface area contributed by atoms with Gasteiger partial charge >= 0.3 is 0 Å². The molecule has 0 radical (unpaired) electrons. The molecule has 37 heavy (non-hydrogen) atoms. The summed E-state index contributed by atoms with van der Waals surface area (Å²) in [6.45, 7) is 9.78. The maximum absolute atomic E-state index is 13.3. The maximum atomic E-state index is 13.3. The van der Waals surface area contributed by atoms with E-state index in [1.165, 1.54) is 12.0 Å². The quantitative estimate of drug-likeness (QED) is 0.621. The molecule has 2 aromatic carbocycles. The number of likely N-dealkylation sites (N-methyl/N-ethyl adjacent to an activating group) is 1. The minimum Gasteiger partial charge on any atom is -0.348 e. The Hall–Kier alpha value is -2.70. The summed E-state index contributed by atoms with van der Waals surface area (Å²) in [6, 6.07) is 16.5. The first-order valence-electron chi connectivity index (χ1n) is 14.0. The molecular formula is C31H42N4O2. The van der Waals surface area contributed by atoms with Crippen molar-refractivity contribution in [1.82, 2.24) is 20.0 Å².